The molecule has 0 N–H and O–H groups in total. The summed E-state index contributed by atoms with van der Waals surface area (Å²) in [6.07, 6.45) is 0. The number of thiazole rings is 1. The normalized spacial score (nSPS) is 14.2. The summed E-state index contributed by atoms with van der Waals surface area (Å²) in [6, 6.07) is 11.1. The summed E-state index contributed by atoms with van der Waals surface area (Å²) in [6.45, 7) is 3.61. The molecule has 1 aromatic heterocycles. The number of methoxy groups -OCH3 is 3. The van der Waals surface area contributed by atoms with Crippen LogP contribution in [0.1, 0.15) is 16.1 Å². The molecule has 1 fully saturated rings. The fourth-order valence-electron chi connectivity index (χ4n) is 3.83. The van der Waals surface area contributed by atoms with Crippen molar-refractivity contribution in [3.63, 3.8) is 0 Å². The number of amides is 1. The SMILES string of the molecule is COc1cc(C(=O)N2CCN(Cc3csc(-c4ccc(Cl)cc4)n3)CC2)cc(OC)c1OC. The molecule has 33 heavy (non-hydrogen) atoms. The van der Waals surface area contributed by atoms with Crippen LogP contribution in [0.25, 0.3) is 10.6 Å². The molecule has 0 atom stereocenters. The van der Waals surface area contributed by atoms with Gasteiger partial charge in [0.25, 0.3) is 5.91 Å². The van der Waals surface area contributed by atoms with E-state index in [1.165, 1.54) is 0 Å². The first-order valence-electron chi connectivity index (χ1n) is 10.5. The Bertz CT molecular complexity index is 1090. The van der Waals surface area contributed by atoms with Gasteiger partial charge in [-0.05, 0) is 24.3 Å². The van der Waals surface area contributed by atoms with Gasteiger partial charge in [0.1, 0.15) is 5.01 Å². The molecule has 0 saturated carbocycles. The van der Waals surface area contributed by atoms with E-state index < -0.39 is 0 Å². The minimum atomic E-state index is -0.0485. The maximum Gasteiger partial charge on any atom is 0.254 e. The van der Waals surface area contributed by atoms with E-state index in [0.29, 0.717) is 35.9 Å². The molecule has 0 bridgehead atoms. The highest BCUT2D eigenvalue weighted by atomic mass is 35.5. The lowest BCUT2D eigenvalue weighted by molar-refractivity contribution is 0.0626. The van der Waals surface area contributed by atoms with Gasteiger partial charge in [0.05, 0.1) is 27.0 Å². The zero-order valence-corrected chi connectivity index (χ0v) is 20.4. The van der Waals surface area contributed by atoms with Crippen LogP contribution in [-0.2, 0) is 6.54 Å². The lowest BCUT2D eigenvalue weighted by Gasteiger charge is -2.34. The standard InChI is InChI=1S/C24H26ClN3O4S/c1-30-20-12-17(13-21(31-2)22(20)32-3)24(29)28-10-8-27(9-11-28)14-19-15-33-23(26-19)16-4-6-18(25)7-5-16/h4-7,12-13,15H,8-11,14H2,1-3H3. The lowest BCUT2D eigenvalue weighted by atomic mass is 10.1. The number of hydrogen-bond acceptors (Lipinski definition) is 7. The van der Waals surface area contributed by atoms with Crippen molar-refractivity contribution in [3.8, 4) is 27.8 Å². The van der Waals surface area contributed by atoms with Crippen molar-refractivity contribution in [2.45, 2.75) is 6.54 Å². The van der Waals surface area contributed by atoms with Crippen LogP contribution in [0.5, 0.6) is 17.2 Å². The van der Waals surface area contributed by atoms with Crippen molar-refractivity contribution >= 4 is 28.8 Å². The Morgan fingerprint density at radius 2 is 1.64 bits per heavy atom. The third-order valence-electron chi connectivity index (χ3n) is 5.60. The van der Waals surface area contributed by atoms with E-state index in [1.54, 1.807) is 44.8 Å². The van der Waals surface area contributed by atoms with Crippen LogP contribution < -0.4 is 14.2 Å². The Labute approximate surface area is 202 Å². The number of carbonyl (C=O) groups is 1. The maximum absolute atomic E-state index is 13.1. The molecule has 174 valence electrons. The molecule has 0 unspecified atom stereocenters. The van der Waals surface area contributed by atoms with Crippen LogP contribution in [0.2, 0.25) is 5.02 Å². The summed E-state index contributed by atoms with van der Waals surface area (Å²) in [7, 11) is 4.63. The van der Waals surface area contributed by atoms with Gasteiger partial charge in [0.2, 0.25) is 5.75 Å². The largest absolute Gasteiger partial charge is 0.493 e. The molecule has 9 heteroatoms. The topological polar surface area (TPSA) is 64.1 Å². The quantitative estimate of drug-likeness (QED) is 0.490. The van der Waals surface area contributed by atoms with Gasteiger partial charge in [0, 0.05) is 54.3 Å². The highest BCUT2D eigenvalue weighted by Crippen LogP contribution is 2.38. The third kappa shape index (κ3) is 5.24. The van der Waals surface area contributed by atoms with Gasteiger partial charge in [-0.2, -0.15) is 0 Å². The number of hydrogen-bond donors (Lipinski definition) is 0. The van der Waals surface area contributed by atoms with Gasteiger partial charge < -0.3 is 19.1 Å². The third-order valence-corrected chi connectivity index (χ3v) is 6.79. The van der Waals surface area contributed by atoms with Gasteiger partial charge in [-0.3, -0.25) is 9.69 Å². The van der Waals surface area contributed by atoms with Crippen molar-refractivity contribution in [1.82, 2.24) is 14.8 Å². The average molecular weight is 488 g/mol. The number of piperazine rings is 1. The smallest absolute Gasteiger partial charge is 0.254 e. The van der Waals surface area contributed by atoms with E-state index in [4.69, 9.17) is 30.8 Å². The van der Waals surface area contributed by atoms with Crippen LogP contribution in [0.4, 0.5) is 0 Å². The monoisotopic (exact) mass is 487 g/mol. The van der Waals surface area contributed by atoms with E-state index in [9.17, 15) is 4.79 Å². The number of ether oxygens (including phenoxy) is 3. The highest BCUT2D eigenvalue weighted by Gasteiger charge is 2.25. The number of nitrogens with zero attached hydrogens (tertiary/aromatic N) is 3. The summed E-state index contributed by atoms with van der Waals surface area (Å²) in [4.78, 5) is 22.1. The Balaban J connectivity index is 1.37. The molecule has 0 spiro atoms. The predicted molar refractivity (Wildman–Crippen MR) is 130 cm³/mol. The molecule has 1 aliphatic heterocycles. The van der Waals surface area contributed by atoms with Crippen LogP contribution in [0.15, 0.2) is 41.8 Å². The molecule has 2 aromatic carbocycles. The molecule has 1 amide bonds. The van der Waals surface area contributed by atoms with Crippen LogP contribution in [-0.4, -0.2) is 68.2 Å². The first-order chi connectivity index (χ1) is 16.0. The molecule has 3 aromatic rings. The minimum absolute atomic E-state index is 0.0485. The maximum atomic E-state index is 13.1. The number of aromatic nitrogens is 1. The first kappa shape index (κ1) is 23.4. The summed E-state index contributed by atoms with van der Waals surface area (Å²) < 4.78 is 16.1. The van der Waals surface area contributed by atoms with Crippen LogP contribution in [0, 0.1) is 0 Å². The second kappa shape index (κ2) is 10.4. The molecule has 2 heterocycles. The van der Waals surface area contributed by atoms with Crippen molar-refractivity contribution < 1.29 is 19.0 Å². The molecular formula is C24H26ClN3O4S. The first-order valence-corrected chi connectivity index (χ1v) is 11.8. The van der Waals surface area contributed by atoms with Crippen molar-refractivity contribution in [1.29, 1.82) is 0 Å². The molecule has 4 rings (SSSR count). The molecular weight excluding hydrogens is 462 g/mol. The number of halogens is 1. The Hall–Kier alpha value is -2.81. The number of carbonyl (C=O) groups excluding carboxylic acids is 1. The Kier molecular flexibility index (Phi) is 7.37. The highest BCUT2D eigenvalue weighted by molar-refractivity contribution is 7.13. The van der Waals surface area contributed by atoms with Crippen LogP contribution >= 0.6 is 22.9 Å². The van der Waals surface area contributed by atoms with Crippen molar-refractivity contribution in [2.24, 2.45) is 0 Å². The Morgan fingerprint density at radius 3 is 2.21 bits per heavy atom. The average Bonchev–Trinajstić information content (AvgIpc) is 3.31. The second-order valence-corrected chi connectivity index (χ2v) is 8.93. The summed E-state index contributed by atoms with van der Waals surface area (Å²) >= 11 is 7.61. The zero-order chi connectivity index (χ0) is 23.4. The summed E-state index contributed by atoms with van der Waals surface area (Å²) in [5, 5.41) is 3.80. The van der Waals surface area contributed by atoms with E-state index in [2.05, 4.69) is 10.3 Å². The summed E-state index contributed by atoms with van der Waals surface area (Å²) in [5.41, 5.74) is 2.62. The fraction of sp³-hybridized carbons (Fsp3) is 0.333. The van der Waals surface area contributed by atoms with Gasteiger partial charge in [0.15, 0.2) is 11.5 Å². The fourth-order valence-corrected chi connectivity index (χ4v) is 4.77. The number of rotatable bonds is 7. The van der Waals surface area contributed by atoms with Gasteiger partial charge in [-0.25, -0.2) is 4.98 Å². The van der Waals surface area contributed by atoms with Gasteiger partial charge in [-0.15, -0.1) is 11.3 Å². The molecule has 7 nitrogen and oxygen atoms in total. The minimum Gasteiger partial charge on any atom is -0.493 e. The van der Waals surface area contributed by atoms with Gasteiger partial charge in [-0.1, -0.05) is 23.7 Å². The van der Waals surface area contributed by atoms with Gasteiger partial charge >= 0.3 is 0 Å². The molecule has 1 aliphatic rings. The summed E-state index contributed by atoms with van der Waals surface area (Å²) in [5.74, 6) is 1.37. The zero-order valence-electron chi connectivity index (χ0n) is 18.8. The van der Waals surface area contributed by atoms with Crippen molar-refractivity contribution in [3.05, 3.63) is 58.1 Å². The lowest BCUT2D eigenvalue weighted by Crippen LogP contribution is -2.48. The predicted octanol–water partition coefficient (Wildman–Crippen LogP) is 4.45. The second-order valence-electron chi connectivity index (χ2n) is 7.63. The molecule has 1 saturated heterocycles. The van der Waals surface area contributed by atoms with Crippen LogP contribution in [0.3, 0.4) is 0 Å². The molecule has 0 aliphatic carbocycles. The number of benzene rings is 2. The van der Waals surface area contributed by atoms with E-state index >= 15 is 0 Å². The Morgan fingerprint density at radius 1 is 1.00 bits per heavy atom. The molecule has 0 radical (unpaired) electrons. The van der Waals surface area contributed by atoms with E-state index in [0.717, 1.165) is 40.9 Å². The van der Waals surface area contributed by atoms with E-state index in [1.807, 2.05) is 29.2 Å². The van der Waals surface area contributed by atoms with Crippen molar-refractivity contribution in [2.75, 3.05) is 47.5 Å². The van der Waals surface area contributed by atoms with E-state index in [-0.39, 0.29) is 5.91 Å².